The van der Waals surface area contributed by atoms with Crippen molar-refractivity contribution in [3.05, 3.63) is 23.8 Å². The molecule has 4 heteroatoms. The van der Waals surface area contributed by atoms with E-state index in [9.17, 15) is 4.79 Å². The van der Waals surface area contributed by atoms with Crippen molar-refractivity contribution in [1.82, 2.24) is 0 Å². The number of esters is 1. The topological polar surface area (TPSA) is 58.6 Å². The van der Waals surface area contributed by atoms with Crippen LogP contribution in [0.2, 0.25) is 0 Å². The second kappa shape index (κ2) is 3.31. The van der Waals surface area contributed by atoms with Gasteiger partial charge < -0.3 is 15.2 Å². The number of carbonyl (C=O) groups is 1. The van der Waals surface area contributed by atoms with Gasteiger partial charge in [-0.3, -0.25) is 0 Å². The van der Waals surface area contributed by atoms with Gasteiger partial charge in [-0.15, -0.1) is 0 Å². The van der Waals surface area contributed by atoms with Crippen LogP contribution in [-0.2, 0) is 11.4 Å². The van der Waals surface area contributed by atoms with Crippen molar-refractivity contribution in [2.24, 2.45) is 0 Å². The molecule has 0 amide bonds. The Morgan fingerprint density at radius 1 is 1.57 bits per heavy atom. The highest BCUT2D eigenvalue weighted by Gasteiger charge is 2.25. The van der Waals surface area contributed by atoms with Crippen molar-refractivity contribution in [1.29, 1.82) is 0 Å². The number of aliphatic hydroxyl groups excluding tert-OH is 1. The van der Waals surface area contributed by atoms with Gasteiger partial charge in [0.05, 0.1) is 12.3 Å². The van der Waals surface area contributed by atoms with E-state index in [0.29, 0.717) is 11.3 Å². The van der Waals surface area contributed by atoms with Gasteiger partial charge in [-0.2, -0.15) is 0 Å². The van der Waals surface area contributed by atoms with E-state index in [4.69, 9.17) is 9.84 Å². The molecule has 1 aromatic carbocycles. The lowest BCUT2D eigenvalue weighted by molar-refractivity contribution is -0.135. The summed E-state index contributed by atoms with van der Waals surface area (Å²) in [7, 11) is 0. The molecule has 0 bridgehead atoms. The van der Waals surface area contributed by atoms with Crippen LogP contribution in [0.25, 0.3) is 0 Å². The predicted octanol–water partition coefficient (Wildman–Crippen LogP) is 0.898. The lowest BCUT2D eigenvalue weighted by Crippen LogP contribution is -2.34. The number of carbonyl (C=O) groups excluding carboxylic acids is 1. The summed E-state index contributed by atoms with van der Waals surface area (Å²) in [5, 5.41) is 12.0. The molecule has 2 rings (SSSR count). The number of fused-ring (bicyclic) bond motifs is 1. The third kappa shape index (κ3) is 1.33. The maximum atomic E-state index is 11.3. The van der Waals surface area contributed by atoms with E-state index in [2.05, 4.69) is 5.32 Å². The molecular formula is C10H11NO3. The Bertz CT molecular complexity index is 376. The molecule has 1 aliphatic rings. The van der Waals surface area contributed by atoms with E-state index in [1.165, 1.54) is 0 Å². The Balaban J connectivity index is 2.46. The molecule has 74 valence electrons. The summed E-state index contributed by atoms with van der Waals surface area (Å²) in [6.45, 7) is 1.60. The first kappa shape index (κ1) is 9.02. The lowest BCUT2D eigenvalue weighted by Gasteiger charge is -2.24. The highest BCUT2D eigenvalue weighted by molar-refractivity contribution is 5.87. The Morgan fingerprint density at radius 2 is 2.36 bits per heavy atom. The van der Waals surface area contributed by atoms with E-state index in [1.54, 1.807) is 13.0 Å². The quantitative estimate of drug-likeness (QED) is 0.514. The van der Waals surface area contributed by atoms with Gasteiger partial charge in [-0.25, -0.2) is 4.79 Å². The van der Waals surface area contributed by atoms with E-state index in [1.807, 2.05) is 12.1 Å². The molecule has 0 aliphatic carbocycles. The fourth-order valence-electron chi connectivity index (χ4n) is 1.42. The van der Waals surface area contributed by atoms with Gasteiger partial charge in [0.15, 0.2) is 5.75 Å². The maximum absolute atomic E-state index is 11.3. The molecule has 0 radical (unpaired) electrons. The minimum atomic E-state index is -0.337. The number of rotatable bonds is 1. The van der Waals surface area contributed by atoms with Gasteiger partial charge in [0.2, 0.25) is 0 Å². The largest absolute Gasteiger partial charge is 0.422 e. The number of hydrogen-bond donors (Lipinski definition) is 2. The van der Waals surface area contributed by atoms with Crippen LogP contribution in [0.5, 0.6) is 5.75 Å². The molecule has 1 aromatic rings. The van der Waals surface area contributed by atoms with Crippen molar-refractivity contribution in [3.63, 3.8) is 0 Å². The first-order valence-corrected chi connectivity index (χ1v) is 4.43. The molecule has 0 saturated heterocycles. The molecule has 0 fully saturated rings. The first-order chi connectivity index (χ1) is 6.72. The van der Waals surface area contributed by atoms with E-state index < -0.39 is 0 Å². The van der Waals surface area contributed by atoms with Gasteiger partial charge in [0.25, 0.3) is 0 Å². The molecule has 1 heterocycles. The van der Waals surface area contributed by atoms with Crippen LogP contribution in [0, 0.1) is 0 Å². The van der Waals surface area contributed by atoms with Crippen LogP contribution in [0.3, 0.4) is 0 Å². The monoisotopic (exact) mass is 193 g/mol. The number of hydrogen-bond acceptors (Lipinski definition) is 4. The standard InChI is InChI=1S/C10H11NO3/c1-6-10(13)14-9-7(5-12)3-2-4-8(9)11-6/h2-4,6,11-12H,5H2,1H3. The first-order valence-electron chi connectivity index (χ1n) is 4.43. The summed E-state index contributed by atoms with van der Waals surface area (Å²) in [6, 6.07) is 5.02. The summed E-state index contributed by atoms with van der Waals surface area (Å²) in [6.07, 6.45) is 0. The second-order valence-corrected chi connectivity index (χ2v) is 3.24. The average Bonchev–Trinajstić information content (AvgIpc) is 2.19. The van der Waals surface area contributed by atoms with E-state index in [-0.39, 0.29) is 18.6 Å². The fourth-order valence-corrected chi connectivity index (χ4v) is 1.42. The van der Waals surface area contributed by atoms with E-state index >= 15 is 0 Å². The Hall–Kier alpha value is -1.55. The van der Waals surface area contributed by atoms with Crippen LogP contribution >= 0.6 is 0 Å². The van der Waals surface area contributed by atoms with Crippen molar-refractivity contribution < 1.29 is 14.6 Å². The molecule has 1 aliphatic heterocycles. The Labute approximate surface area is 81.5 Å². The lowest BCUT2D eigenvalue weighted by atomic mass is 10.1. The third-order valence-electron chi connectivity index (χ3n) is 2.20. The summed E-state index contributed by atoms with van der Waals surface area (Å²) in [4.78, 5) is 11.3. The number of ether oxygens (including phenoxy) is 1. The predicted molar refractivity (Wildman–Crippen MR) is 51.1 cm³/mol. The average molecular weight is 193 g/mol. The number of nitrogens with one attached hydrogen (secondary N) is 1. The SMILES string of the molecule is CC1Nc2cccc(CO)c2OC1=O. The van der Waals surface area contributed by atoms with Crippen LogP contribution in [0.1, 0.15) is 12.5 Å². The molecule has 0 saturated carbocycles. The van der Waals surface area contributed by atoms with Crippen molar-refractivity contribution >= 4 is 11.7 Å². The minimum Gasteiger partial charge on any atom is -0.422 e. The molecule has 1 atom stereocenters. The number of anilines is 1. The number of para-hydroxylation sites is 1. The molecular weight excluding hydrogens is 182 g/mol. The molecule has 0 spiro atoms. The van der Waals surface area contributed by atoms with Crippen molar-refractivity contribution in [2.45, 2.75) is 19.6 Å². The van der Waals surface area contributed by atoms with Crippen LogP contribution in [0.15, 0.2) is 18.2 Å². The Morgan fingerprint density at radius 3 is 3.07 bits per heavy atom. The minimum absolute atomic E-state index is 0.132. The van der Waals surface area contributed by atoms with E-state index in [0.717, 1.165) is 5.69 Å². The molecule has 2 N–H and O–H groups in total. The van der Waals surface area contributed by atoms with Gasteiger partial charge in [-0.1, -0.05) is 12.1 Å². The number of benzene rings is 1. The fraction of sp³-hybridized carbons (Fsp3) is 0.300. The highest BCUT2D eigenvalue weighted by Crippen LogP contribution is 2.32. The zero-order valence-electron chi connectivity index (χ0n) is 7.78. The molecule has 1 unspecified atom stereocenters. The number of aliphatic hydroxyl groups is 1. The molecule has 14 heavy (non-hydrogen) atoms. The van der Waals surface area contributed by atoms with Crippen LogP contribution < -0.4 is 10.1 Å². The van der Waals surface area contributed by atoms with Gasteiger partial charge in [-0.05, 0) is 13.0 Å². The zero-order chi connectivity index (χ0) is 10.1. The summed E-state index contributed by atoms with van der Waals surface area (Å²) in [5.41, 5.74) is 1.37. The summed E-state index contributed by atoms with van der Waals surface area (Å²) in [5.74, 6) is 0.122. The smallest absolute Gasteiger partial charge is 0.333 e. The Kier molecular flexibility index (Phi) is 2.13. The summed E-state index contributed by atoms with van der Waals surface area (Å²) < 4.78 is 5.10. The zero-order valence-corrected chi connectivity index (χ0v) is 7.78. The third-order valence-corrected chi connectivity index (χ3v) is 2.20. The molecule has 4 nitrogen and oxygen atoms in total. The second-order valence-electron chi connectivity index (χ2n) is 3.24. The normalized spacial score (nSPS) is 19.6. The van der Waals surface area contributed by atoms with Gasteiger partial charge >= 0.3 is 5.97 Å². The van der Waals surface area contributed by atoms with Crippen LogP contribution in [-0.4, -0.2) is 17.1 Å². The molecule has 0 aromatic heterocycles. The van der Waals surface area contributed by atoms with Crippen LogP contribution in [0.4, 0.5) is 5.69 Å². The van der Waals surface area contributed by atoms with Crippen molar-refractivity contribution in [3.8, 4) is 5.75 Å². The maximum Gasteiger partial charge on any atom is 0.333 e. The van der Waals surface area contributed by atoms with Gasteiger partial charge in [0.1, 0.15) is 6.04 Å². The summed E-state index contributed by atoms with van der Waals surface area (Å²) >= 11 is 0. The van der Waals surface area contributed by atoms with Gasteiger partial charge in [0, 0.05) is 5.56 Å². The van der Waals surface area contributed by atoms with Crippen molar-refractivity contribution in [2.75, 3.05) is 5.32 Å². The highest BCUT2D eigenvalue weighted by atomic mass is 16.5.